The maximum Gasteiger partial charge on any atom is 0.0403 e. The molecule has 2 aliphatic heterocycles. The van der Waals surface area contributed by atoms with Gasteiger partial charge in [-0.25, -0.2) is 0 Å². The third-order valence-electron chi connectivity index (χ3n) is 3.38. The fourth-order valence-electron chi connectivity index (χ4n) is 2.08. The van der Waals surface area contributed by atoms with Gasteiger partial charge in [-0.1, -0.05) is 6.92 Å². The molecule has 75 valence electrons. The van der Waals surface area contributed by atoms with Crippen LogP contribution in [0.2, 0.25) is 0 Å². The highest BCUT2D eigenvalue weighted by molar-refractivity contribution is 4.93. The largest absolute Gasteiger partial charge is 0.303 e. The van der Waals surface area contributed by atoms with E-state index in [0.717, 1.165) is 0 Å². The van der Waals surface area contributed by atoms with E-state index < -0.39 is 0 Å². The van der Waals surface area contributed by atoms with Crippen molar-refractivity contribution < 1.29 is 0 Å². The standard InChI is InChI=1S/C11H21N2/c1-2-11(13-8-4-9-13)5-10-12-6-3-7-12/h2-10H2,1H3. The van der Waals surface area contributed by atoms with Crippen molar-refractivity contribution in [1.82, 2.24) is 9.80 Å². The molecule has 0 N–H and O–H groups in total. The molecule has 0 unspecified atom stereocenters. The Kier molecular flexibility index (Phi) is 3.23. The molecule has 13 heavy (non-hydrogen) atoms. The monoisotopic (exact) mass is 181 g/mol. The van der Waals surface area contributed by atoms with Gasteiger partial charge in [0.1, 0.15) is 0 Å². The van der Waals surface area contributed by atoms with E-state index in [-0.39, 0.29) is 0 Å². The van der Waals surface area contributed by atoms with Crippen molar-refractivity contribution in [2.75, 3.05) is 32.7 Å². The number of rotatable bonds is 5. The van der Waals surface area contributed by atoms with Crippen molar-refractivity contribution in [3.63, 3.8) is 0 Å². The summed E-state index contributed by atoms with van der Waals surface area (Å²) in [5.41, 5.74) is 0. The summed E-state index contributed by atoms with van der Waals surface area (Å²) >= 11 is 0. The van der Waals surface area contributed by atoms with Gasteiger partial charge in [-0.2, -0.15) is 0 Å². The Morgan fingerprint density at radius 1 is 1.08 bits per heavy atom. The molecule has 2 heteroatoms. The molecule has 1 radical (unpaired) electrons. The van der Waals surface area contributed by atoms with E-state index in [1.165, 1.54) is 58.4 Å². The molecule has 0 bridgehead atoms. The number of likely N-dealkylation sites (tertiary alicyclic amines) is 2. The number of nitrogens with zero attached hydrogens (tertiary/aromatic N) is 2. The minimum atomic E-state index is 1.26. The predicted octanol–water partition coefficient (Wildman–Crippen LogP) is 1.73. The Bertz CT molecular complexity index is 150. The normalized spacial score (nSPS) is 24.5. The average molecular weight is 181 g/mol. The summed E-state index contributed by atoms with van der Waals surface area (Å²) in [5.74, 6) is 0. The summed E-state index contributed by atoms with van der Waals surface area (Å²) < 4.78 is 0. The third-order valence-corrected chi connectivity index (χ3v) is 3.38. The maximum absolute atomic E-state index is 2.57. The van der Waals surface area contributed by atoms with Crippen LogP contribution in [0.3, 0.4) is 0 Å². The van der Waals surface area contributed by atoms with E-state index in [9.17, 15) is 0 Å². The Morgan fingerprint density at radius 3 is 2.15 bits per heavy atom. The number of hydrogen-bond donors (Lipinski definition) is 0. The lowest BCUT2D eigenvalue weighted by molar-refractivity contribution is 0.140. The van der Waals surface area contributed by atoms with Gasteiger partial charge in [-0.15, -0.1) is 0 Å². The minimum Gasteiger partial charge on any atom is -0.303 e. The zero-order valence-electron chi connectivity index (χ0n) is 8.76. The first-order chi connectivity index (χ1) is 6.40. The average Bonchev–Trinajstić information content (AvgIpc) is 1.96. The zero-order chi connectivity index (χ0) is 9.10. The first-order valence-electron chi connectivity index (χ1n) is 5.72. The number of hydrogen-bond acceptors (Lipinski definition) is 2. The molecular weight excluding hydrogens is 160 g/mol. The van der Waals surface area contributed by atoms with Crippen LogP contribution in [0.25, 0.3) is 0 Å². The predicted molar refractivity (Wildman–Crippen MR) is 55.4 cm³/mol. The first kappa shape index (κ1) is 9.47. The summed E-state index contributed by atoms with van der Waals surface area (Å²) in [4.78, 5) is 5.13. The molecule has 0 spiro atoms. The topological polar surface area (TPSA) is 6.48 Å². The molecule has 0 atom stereocenters. The van der Waals surface area contributed by atoms with E-state index in [0.29, 0.717) is 0 Å². The highest BCUT2D eigenvalue weighted by atomic mass is 15.2. The summed E-state index contributed by atoms with van der Waals surface area (Å²) in [5, 5.41) is 0. The van der Waals surface area contributed by atoms with Gasteiger partial charge in [0, 0.05) is 6.04 Å². The van der Waals surface area contributed by atoms with Crippen molar-refractivity contribution in [3.05, 3.63) is 6.04 Å². The third kappa shape index (κ3) is 2.23. The molecule has 0 saturated carbocycles. The van der Waals surface area contributed by atoms with Crippen LogP contribution in [0.15, 0.2) is 0 Å². The van der Waals surface area contributed by atoms with Gasteiger partial charge in [0.25, 0.3) is 0 Å². The fraction of sp³-hybridized carbons (Fsp3) is 0.909. The van der Waals surface area contributed by atoms with Gasteiger partial charge in [-0.3, -0.25) is 4.90 Å². The lowest BCUT2D eigenvalue weighted by Gasteiger charge is -2.39. The molecule has 0 aliphatic carbocycles. The second kappa shape index (κ2) is 4.43. The molecule has 2 heterocycles. The molecule has 2 fully saturated rings. The van der Waals surface area contributed by atoms with E-state index in [1.54, 1.807) is 6.04 Å². The van der Waals surface area contributed by atoms with Gasteiger partial charge >= 0.3 is 0 Å². The first-order valence-corrected chi connectivity index (χ1v) is 5.72. The molecule has 0 aromatic rings. The zero-order valence-corrected chi connectivity index (χ0v) is 8.76. The molecule has 0 aromatic carbocycles. The van der Waals surface area contributed by atoms with Crippen LogP contribution in [0.4, 0.5) is 0 Å². The highest BCUT2D eigenvalue weighted by Gasteiger charge is 2.24. The van der Waals surface area contributed by atoms with Gasteiger partial charge in [0.15, 0.2) is 0 Å². The Morgan fingerprint density at radius 2 is 1.77 bits per heavy atom. The van der Waals surface area contributed by atoms with Crippen LogP contribution >= 0.6 is 0 Å². The molecule has 0 aromatic heterocycles. The molecule has 2 nitrogen and oxygen atoms in total. The molecule has 2 rings (SSSR count). The fourth-order valence-corrected chi connectivity index (χ4v) is 2.08. The van der Waals surface area contributed by atoms with Crippen LogP contribution < -0.4 is 0 Å². The van der Waals surface area contributed by atoms with Crippen molar-refractivity contribution in [2.45, 2.75) is 32.6 Å². The van der Waals surface area contributed by atoms with Crippen LogP contribution in [0, 0.1) is 6.04 Å². The van der Waals surface area contributed by atoms with Gasteiger partial charge < -0.3 is 4.90 Å². The van der Waals surface area contributed by atoms with Gasteiger partial charge in [0.05, 0.1) is 0 Å². The van der Waals surface area contributed by atoms with Crippen molar-refractivity contribution in [1.29, 1.82) is 0 Å². The van der Waals surface area contributed by atoms with Gasteiger partial charge in [-0.05, 0) is 58.4 Å². The lowest BCUT2D eigenvalue weighted by atomic mass is 10.0. The molecule has 0 amide bonds. The minimum absolute atomic E-state index is 1.26. The lowest BCUT2D eigenvalue weighted by Crippen LogP contribution is -2.43. The summed E-state index contributed by atoms with van der Waals surface area (Å²) in [6, 6.07) is 1.69. The van der Waals surface area contributed by atoms with E-state index in [2.05, 4.69) is 16.7 Å². The van der Waals surface area contributed by atoms with Crippen LogP contribution in [0.5, 0.6) is 0 Å². The quantitative estimate of drug-likeness (QED) is 0.637. The summed E-state index contributed by atoms with van der Waals surface area (Å²) in [7, 11) is 0. The molecule has 2 saturated heterocycles. The van der Waals surface area contributed by atoms with Crippen molar-refractivity contribution >= 4 is 0 Å². The second-order valence-corrected chi connectivity index (χ2v) is 4.21. The summed E-state index contributed by atoms with van der Waals surface area (Å²) in [6.07, 6.45) is 5.41. The maximum atomic E-state index is 2.57. The van der Waals surface area contributed by atoms with E-state index in [1.807, 2.05) is 0 Å². The highest BCUT2D eigenvalue weighted by Crippen LogP contribution is 2.24. The molecule has 2 aliphatic rings. The molecular formula is C11H21N2. The van der Waals surface area contributed by atoms with Crippen molar-refractivity contribution in [2.24, 2.45) is 0 Å². The Balaban J connectivity index is 1.64. The second-order valence-electron chi connectivity index (χ2n) is 4.21. The Labute approximate surface area is 81.9 Å². The van der Waals surface area contributed by atoms with Gasteiger partial charge in [0.2, 0.25) is 0 Å². The smallest absolute Gasteiger partial charge is 0.0403 e. The summed E-state index contributed by atoms with van der Waals surface area (Å²) in [6.45, 7) is 8.93. The van der Waals surface area contributed by atoms with E-state index >= 15 is 0 Å². The van der Waals surface area contributed by atoms with Crippen molar-refractivity contribution in [3.8, 4) is 0 Å². The SMILES string of the molecule is CC[C](CCN1CCC1)N1CCC1. The van der Waals surface area contributed by atoms with Crippen LogP contribution in [-0.4, -0.2) is 42.5 Å². The Hall–Kier alpha value is -0.0800. The van der Waals surface area contributed by atoms with E-state index in [4.69, 9.17) is 0 Å². The van der Waals surface area contributed by atoms with Crippen LogP contribution in [-0.2, 0) is 0 Å². The van der Waals surface area contributed by atoms with Crippen LogP contribution in [0.1, 0.15) is 32.6 Å².